The molecule has 13 nitrogen and oxygen atoms in total. The van der Waals surface area contributed by atoms with Gasteiger partial charge in [0.1, 0.15) is 50.4 Å². The average Bonchev–Trinajstić information content (AvgIpc) is 3.41. The minimum absolute atomic E-state index is 0. The summed E-state index contributed by atoms with van der Waals surface area (Å²) in [6, 6.07) is 52.6. The fraction of sp³-hybridized carbons (Fsp3) is 0.131. The Balaban J connectivity index is 0.00000492. The summed E-state index contributed by atoms with van der Waals surface area (Å²) in [5.41, 5.74) is 4.96. The molecule has 0 bridgehead atoms. The van der Waals surface area contributed by atoms with Crippen molar-refractivity contribution in [2.75, 3.05) is 0 Å². The Morgan fingerprint density at radius 2 is 0.846 bits per heavy atom. The van der Waals surface area contributed by atoms with Crippen LogP contribution in [0.25, 0.3) is 0 Å². The van der Waals surface area contributed by atoms with E-state index in [2.05, 4.69) is 43.6 Å². The van der Waals surface area contributed by atoms with E-state index in [1.165, 1.54) is 37.3 Å². The molecule has 0 unspecified atom stereocenters. The second-order valence-corrected chi connectivity index (χ2v) is 20.9. The number of carbonyl (C=O) groups excluding carboxylic acids is 3. The molecule has 0 aromatic heterocycles. The topological polar surface area (TPSA) is 187 Å². The van der Waals surface area contributed by atoms with Crippen molar-refractivity contribution in [3.8, 4) is 40.2 Å². The Morgan fingerprint density at radius 3 is 1.24 bits per heavy atom. The molecule has 0 saturated carbocycles. The van der Waals surface area contributed by atoms with Crippen LogP contribution in [0, 0.1) is 6.92 Å². The normalized spacial score (nSPS) is 11.3. The van der Waals surface area contributed by atoms with Crippen molar-refractivity contribution in [2.45, 2.75) is 62.2 Å². The molecular formula is C61H50Na2O13S2. The zero-order valence-corrected chi connectivity index (χ0v) is 49.8. The summed E-state index contributed by atoms with van der Waals surface area (Å²) in [7, 11) is -4.82. The van der Waals surface area contributed by atoms with Crippen LogP contribution in [0.4, 0.5) is 0 Å². The van der Waals surface area contributed by atoms with Gasteiger partial charge in [0.15, 0.2) is 11.6 Å². The third kappa shape index (κ3) is 14.7. The molecule has 0 aliphatic rings. The fourth-order valence-electron chi connectivity index (χ4n) is 8.23. The van der Waals surface area contributed by atoms with Crippen LogP contribution in [0.15, 0.2) is 204 Å². The van der Waals surface area contributed by atoms with E-state index in [1.54, 1.807) is 79.7 Å². The molecule has 0 aliphatic carbocycles. The molecule has 386 valence electrons. The van der Waals surface area contributed by atoms with Gasteiger partial charge in [-0.05, 0) is 163 Å². The van der Waals surface area contributed by atoms with Crippen molar-refractivity contribution in [2.24, 2.45) is 0 Å². The first-order valence-electron chi connectivity index (χ1n) is 23.7. The minimum atomic E-state index is -4.82. The number of hydrogen-bond acceptors (Lipinski definition) is 14. The van der Waals surface area contributed by atoms with E-state index in [0.717, 1.165) is 28.3 Å². The molecule has 78 heavy (non-hydrogen) atoms. The minimum Gasteiger partial charge on any atom is -0.744 e. The number of rotatable bonds is 20. The van der Waals surface area contributed by atoms with E-state index >= 15 is 0 Å². The summed E-state index contributed by atoms with van der Waals surface area (Å²) in [6.45, 7) is 15.1. The number of ether oxygens (including phenoxy) is 4. The number of ketones is 2. The second-order valence-electron chi connectivity index (χ2n) is 18.8. The van der Waals surface area contributed by atoms with Gasteiger partial charge in [0, 0.05) is 38.7 Å². The van der Waals surface area contributed by atoms with Gasteiger partial charge in [0.25, 0.3) is 0 Å². The van der Waals surface area contributed by atoms with Crippen molar-refractivity contribution < 1.29 is 120 Å². The standard InChI is InChI=1S/C61H52O13S2.2Na/c1-38(2)59(64)72-53-33-21-47(22-34-53)61(6,7)45-17-29-51(30-18-45)70-49-25-12-41(13-26-49)57(62)40-10-23-48(24-11-40)69-50-27-15-44(16-28-50)60(4,5)46-19-31-52(32-20-46)71-54-35-14-42(36-55(54)75-74-73-65)58(63)43-9-8-39(3)56(37-43)76(66,67)68;;/h8-37,65H,1H2,2-7H3,(H,66,67,68);;/q;2*+1/p-2. The fourth-order valence-corrected chi connectivity index (χ4v) is 9.43. The third-order valence-electron chi connectivity index (χ3n) is 12.9. The van der Waals surface area contributed by atoms with Gasteiger partial charge in [-0.25, -0.2) is 13.2 Å². The van der Waals surface area contributed by atoms with Crippen LogP contribution in [0.2, 0.25) is 0 Å². The summed E-state index contributed by atoms with van der Waals surface area (Å²) in [5.74, 6) is 2.35. The van der Waals surface area contributed by atoms with E-state index in [0.29, 0.717) is 63.2 Å². The van der Waals surface area contributed by atoms with Crippen molar-refractivity contribution >= 4 is 39.7 Å². The Morgan fingerprint density at radius 1 is 0.500 bits per heavy atom. The third-order valence-corrected chi connectivity index (χ3v) is 14.5. The van der Waals surface area contributed by atoms with Crippen LogP contribution in [0.5, 0.6) is 40.2 Å². The summed E-state index contributed by atoms with van der Waals surface area (Å²) in [4.78, 5) is 38.4. The molecule has 0 amide bonds. The van der Waals surface area contributed by atoms with Gasteiger partial charge in [-0.1, -0.05) is 94.9 Å². The van der Waals surface area contributed by atoms with Gasteiger partial charge in [0.05, 0.1) is 21.8 Å². The smallest absolute Gasteiger partial charge is 0.744 e. The summed E-state index contributed by atoms with van der Waals surface area (Å²) in [5, 5.41) is 14.3. The molecule has 0 saturated heterocycles. The van der Waals surface area contributed by atoms with Crippen molar-refractivity contribution in [3.05, 3.63) is 244 Å². The molecule has 8 aromatic rings. The van der Waals surface area contributed by atoms with Crippen molar-refractivity contribution in [1.82, 2.24) is 0 Å². The van der Waals surface area contributed by atoms with E-state index in [4.69, 9.17) is 18.9 Å². The van der Waals surface area contributed by atoms with Crippen LogP contribution in [-0.4, -0.2) is 30.5 Å². The Labute approximate surface area is 501 Å². The number of benzene rings is 8. The molecule has 0 N–H and O–H groups in total. The van der Waals surface area contributed by atoms with Gasteiger partial charge >= 0.3 is 65.1 Å². The second kappa shape index (κ2) is 26.2. The van der Waals surface area contributed by atoms with Crippen LogP contribution < -0.4 is 83.3 Å². The first-order valence-corrected chi connectivity index (χ1v) is 25.8. The molecule has 0 heterocycles. The molecule has 0 spiro atoms. The quantitative estimate of drug-likeness (QED) is 0.00865. The van der Waals surface area contributed by atoms with E-state index < -0.39 is 32.2 Å². The molecule has 0 aliphatic heterocycles. The maximum absolute atomic E-state index is 13.5. The van der Waals surface area contributed by atoms with Crippen molar-refractivity contribution in [3.63, 3.8) is 0 Å². The number of esters is 1. The zero-order chi connectivity index (χ0) is 54.4. The monoisotopic (exact) mass is 1100 g/mol. The Kier molecular flexibility index (Phi) is 20.5. The number of hydrogen-bond donors (Lipinski definition) is 0. The predicted molar refractivity (Wildman–Crippen MR) is 284 cm³/mol. The maximum Gasteiger partial charge on any atom is 1.00 e. The molecule has 8 aromatic carbocycles. The zero-order valence-electron chi connectivity index (χ0n) is 44.2. The maximum atomic E-state index is 13.5. The van der Waals surface area contributed by atoms with Crippen LogP contribution in [-0.2, 0) is 35.1 Å². The summed E-state index contributed by atoms with van der Waals surface area (Å²) < 4.78 is 63.5. The first kappa shape index (κ1) is 61.1. The molecule has 0 radical (unpaired) electrons. The van der Waals surface area contributed by atoms with Crippen LogP contribution in [0.3, 0.4) is 0 Å². The Bertz CT molecular complexity index is 3550. The average molecular weight is 1100 g/mol. The van der Waals surface area contributed by atoms with E-state index in [-0.39, 0.29) is 97.6 Å². The van der Waals surface area contributed by atoms with Gasteiger partial charge < -0.3 is 28.8 Å². The molecular weight excluding hydrogens is 1050 g/mol. The predicted octanol–water partition coefficient (Wildman–Crippen LogP) is 7.11. The van der Waals surface area contributed by atoms with Crippen LogP contribution >= 0.6 is 12.0 Å². The van der Waals surface area contributed by atoms with Gasteiger partial charge in [-0.15, -0.1) is 0 Å². The summed E-state index contributed by atoms with van der Waals surface area (Å²) in [6.07, 6.45) is 0. The largest absolute Gasteiger partial charge is 1.00 e. The van der Waals surface area contributed by atoms with Gasteiger partial charge in [0.2, 0.25) is 0 Å². The molecule has 17 heteroatoms. The number of carbonyl (C=O) groups is 3. The molecule has 8 rings (SSSR count). The molecule has 0 fully saturated rings. The number of aryl methyl sites for hydroxylation is 1. The van der Waals surface area contributed by atoms with E-state index in [1.807, 2.05) is 72.8 Å². The Hall–Kier alpha value is -6.15. The van der Waals surface area contributed by atoms with Crippen molar-refractivity contribution in [1.29, 1.82) is 0 Å². The van der Waals surface area contributed by atoms with Crippen LogP contribution in [0.1, 0.15) is 94.3 Å². The molecule has 0 atom stereocenters. The van der Waals surface area contributed by atoms with Gasteiger partial charge in [-0.2, -0.15) is 4.33 Å². The first-order chi connectivity index (χ1) is 36.2. The summed E-state index contributed by atoms with van der Waals surface area (Å²) >= 11 is 0.519. The van der Waals surface area contributed by atoms with E-state index in [9.17, 15) is 32.6 Å². The van der Waals surface area contributed by atoms with Gasteiger partial charge in [-0.3, -0.25) is 14.6 Å². The SMILES string of the molecule is C=C(C)C(=O)Oc1ccc(C(C)(C)c2ccc(Oc3ccc(C(=O)c4ccc(Oc5ccc(C(C)(C)c6ccc(Oc7ccc(C(=O)c8ccc(C)c(S(=O)(=O)[O-])c8)cc7SOO[O-])cc6)cc5)cc4)cc3)cc2)cc1.[Na+].[Na+].